The summed E-state index contributed by atoms with van der Waals surface area (Å²) in [4.78, 5) is 4.12. The van der Waals surface area contributed by atoms with Crippen molar-refractivity contribution in [2.45, 2.75) is 20.8 Å². The summed E-state index contributed by atoms with van der Waals surface area (Å²) in [5, 5.41) is 8.64. The van der Waals surface area contributed by atoms with Crippen molar-refractivity contribution in [3.05, 3.63) is 41.6 Å². The molecule has 0 atom stereocenters. The maximum atomic E-state index is 8.64. The topological polar surface area (TPSA) is 62.2 Å². The summed E-state index contributed by atoms with van der Waals surface area (Å²) in [6, 6.07) is 9.14. The zero-order valence-corrected chi connectivity index (χ0v) is 9.94. The third-order valence-electron chi connectivity index (χ3n) is 1.54. The number of hydrogen-bond donors (Lipinski definition) is 1. The summed E-state index contributed by atoms with van der Waals surface area (Å²) < 4.78 is 0. The predicted octanol–water partition coefficient (Wildman–Crippen LogP) is 3.15. The Kier molecular flexibility index (Phi) is 7.17. The van der Waals surface area contributed by atoms with Crippen molar-refractivity contribution in [3.63, 3.8) is 0 Å². The first-order valence-corrected chi connectivity index (χ1v) is 5.19. The third kappa shape index (κ3) is 5.61. The maximum Gasteiger partial charge on any atom is 0.0992 e. The molecule has 3 heteroatoms. The van der Waals surface area contributed by atoms with Crippen LogP contribution >= 0.6 is 0 Å². The minimum absolute atomic E-state index is 0.605. The van der Waals surface area contributed by atoms with Gasteiger partial charge in [-0.25, -0.2) is 0 Å². The van der Waals surface area contributed by atoms with Crippen molar-refractivity contribution in [2.24, 2.45) is 10.7 Å². The van der Waals surface area contributed by atoms with E-state index in [1.807, 2.05) is 19.9 Å². The van der Waals surface area contributed by atoms with Gasteiger partial charge in [-0.3, -0.25) is 4.99 Å². The molecule has 0 amide bonds. The highest BCUT2D eigenvalue weighted by Crippen LogP contribution is 2.12. The van der Waals surface area contributed by atoms with Gasteiger partial charge in [0.25, 0.3) is 0 Å². The van der Waals surface area contributed by atoms with Crippen molar-refractivity contribution >= 4 is 11.9 Å². The Morgan fingerprint density at radius 3 is 2.69 bits per heavy atom. The van der Waals surface area contributed by atoms with Gasteiger partial charge in [0, 0.05) is 11.9 Å². The van der Waals surface area contributed by atoms with E-state index in [-0.39, 0.29) is 0 Å². The number of aliphatic imine (C=N–C) groups is 1. The molecule has 0 bridgehead atoms. The quantitative estimate of drug-likeness (QED) is 0.770. The first-order valence-electron chi connectivity index (χ1n) is 5.19. The van der Waals surface area contributed by atoms with Crippen molar-refractivity contribution in [2.75, 3.05) is 0 Å². The highest BCUT2D eigenvalue weighted by Gasteiger charge is 1.90. The molecule has 1 rings (SSSR count). The van der Waals surface area contributed by atoms with E-state index in [0.29, 0.717) is 11.3 Å². The van der Waals surface area contributed by atoms with E-state index in [2.05, 4.69) is 11.1 Å². The normalized spacial score (nSPS) is 10.5. The van der Waals surface area contributed by atoms with Crippen LogP contribution in [0.5, 0.6) is 0 Å². The molecule has 0 saturated carbocycles. The number of hydrogen-bond acceptors (Lipinski definition) is 3. The molecule has 0 fully saturated rings. The van der Waals surface area contributed by atoms with E-state index < -0.39 is 0 Å². The highest BCUT2D eigenvalue weighted by atomic mass is 14.7. The first kappa shape index (κ1) is 13.9. The Morgan fingerprint density at radius 1 is 1.44 bits per heavy atom. The van der Waals surface area contributed by atoms with Gasteiger partial charge in [-0.1, -0.05) is 19.9 Å². The van der Waals surface area contributed by atoms with Crippen molar-refractivity contribution < 1.29 is 0 Å². The molecule has 1 aromatic rings. The number of nitrogens with two attached hydrogens (primary N) is 1. The van der Waals surface area contributed by atoms with Gasteiger partial charge >= 0.3 is 0 Å². The Balaban J connectivity index is 0.00000106. The van der Waals surface area contributed by atoms with Crippen LogP contribution < -0.4 is 5.73 Å². The minimum atomic E-state index is 0.605. The van der Waals surface area contributed by atoms with Gasteiger partial charge in [-0.2, -0.15) is 5.26 Å². The van der Waals surface area contributed by atoms with Gasteiger partial charge < -0.3 is 5.73 Å². The molecule has 0 heterocycles. The zero-order valence-electron chi connectivity index (χ0n) is 9.94. The van der Waals surface area contributed by atoms with Gasteiger partial charge in [-0.05, 0) is 31.2 Å². The summed E-state index contributed by atoms with van der Waals surface area (Å²) in [5.74, 6) is 0. The average Bonchev–Trinajstić information content (AvgIpc) is 2.31. The fourth-order valence-electron chi connectivity index (χ4n) is 0.897. The van der Waals surface area contributed by atoms with Crippen molar-refractivity contribution in [1.29, 1.82) is 5.26 Å². The fourth-order valence-corrected chi connectivity index (χ4v) is 0.897. The van der Waals surface area contributed by atoms with E-state index >= 15 is 0 Å². The Morgan fingerprint density at radius 2 is 2.12 bits per heavy atom. The molecular formula is C13H17N3. The van der Waals surface area contributed by atoms with E-state index in [1.165, 1.54) is 0 Å². The second-order valence-corrected chi connectivity index (χ2v) is 2.85. The Labute approximate surface area is 96.9 Å². The van der Waals surface area contributed by atoms with Gasteiger partial charge in [0.2, 0.25) is 0 Å². The second kappa shape index (κ2) is 8.25. The lowest BCUT2D eigenvalue weighted by molar-refractivity contribution is 1.33. The molecule has 0 unspecified atom stereocenters. The molecular weight excluding hydrogens is 198 g/mol. The van der Waals surface area contributed by atoms with E-state index in [1.54, 1.807) is 37.4 Å². The molecule has 0 radical (unpaired) electrons. The lowest BCUT2D eigenvalue weighted by Gasteiger charge is -1.92. The van der Waals surface area contributed by atoms with Gasteiger partial charge in [0.05, 0.1) is 17.3 Å². The first-order chi connectivity index (χ1) is 7.72. The standard InChI is InChI=1S/C11H11N3.C2H6/c1-9(13)5-6-14-11-4-2-3-10(7-11)8-12;1-2/h2-7H,13H2,1H3;1-2H3/b9-5-,14-6?;. The number of allylic oxidation sites excluding steroid dienone is 2. The zero-order chi connectivity index (χ0) is 12.4. The van der Waals surface area contributed by atoms with Gasteiger partial charge in [0.15, 0.2) is 0 Å². The lowest BCUT2D eigenvalue weighted by Crippen LogP contribution is -1.89. The van der Waals surface area contributed by atoms with Crippen LogP contribution in [0.2, 0.25) is 0 Å². The average molecular weight is 215 g/mol. The molecule has 1 aromatic carbocycles. The summed E-state index contributed by atoms with van der Waals surface area (Å²) in [6.45, 7) is 5.79. The van der Waals surface area contributed by atoms with Crippen LogP contribution in [0, 0.1) is 11.3 Å². The Bertz CT molecular complexity index is 407. The van der Waals surface area contributed by atoms with Crippen LogP contribution in [-0.4, -0.2) is 6.21 Å². The fraction of sp³-hybridized carbons (Fsp3) is 0.231. The molecule has 0 aromatic heterocycles. The lowest BCUT2D eigenvalue weighted by atomic mass is 10.2. The molecule has 0 aliphatic carbocycles. The molecule has 2 N–H and O–H groups in total. The molecule has 0 aliphatic heterocycles. The molecule has 3 nitrogen and oxygen atoms in total. The van der Waals surface area contributed by atoms with Gasteiger partial charge in [0.1, 0.15) is 0 Å². The molecule has 0 aliphatic rings. The maximum absolute atomic E-state index is 8.64. The van der Waals surface area contributed by atoms with Crippen LogP contribution in [0.4, 0.5) is 5.69 Å². The van der Waals surface area contributed by atoms with Crippen LogP contribution in [0.3, 0.4) is 0 Å². The predicted molar refractivity (Wildman–Crippen MR) is 68.6 cm³/mol. The van der Waals surface area contributed by atoms with E-state index in [0.717, 1.165) is 5.69 Å². The summed E-state index contributed by atoms with van der Waals surface area (Å²) in [7, 11) is 0. The number of nitrogens with zero attached hydrogens (tertiary/aromatic N) is 2. The molecule has 16 heavy (non-hydrogen) atoms. The van der Waals surface area contributed by atoms with Crippen LogP contribution in [0.25, 0.3) is 0 Å². The summed E-state index contributed by atoms with van der Waals surface area (Å²) >= 11 is 0. The smallest absolute Gasteiger partial charge is 0.0992 e. The van der Waals surface area contributed by atoms with Crippen LogP contribution in [0.1, 0.15) is 26.3 Å². The van der Waals surface area contributed by atoms with Gasteiger partial charge in [-0.15, -0.1) is 0 Å². The molecule has 0 saturated heterocycles. The monoisotopic (exact) mass is 215 g/mol. The molecule has 84 valence electrons. The van der Waals surface area contributed by atoms with E-state index in [9.17, 15) is 0 Å². The SMILES string of the molecule is C/C(N)=C/C=Nc1cccc(C#N)c1.CC. The van der Waals surface area contributed by atoms with Crippen molar-refractivity contribution in [3.8, 4) is 6.07 Å². The van der Waals surface area contributed by atoms with Crippen molar-refractivity contribution in [1.82, 2.24) is 0 Å². The highest BCUT2D eigenvalue weighted by molar-refractivity contribution is 5.75. The number of benzene rings is 1. The number of rotatable bonds is 2. The summed E-state index contributed by atoms with van der Waals surface area (Å²) in [5.41, 5.74) is 7.49. The molecule has 0 spiro atoms. The minimum Gasteiger partial charge on any atom is -0.402 e. The number of nitriles is 1. The van der Waals surface area contributed by atoms with Crippen LogP contribution in [0.15, 0.2) is 41.0 Å². The third-order valence-corrected chi connectivity index (χ3v) is 1.54. The van der Waals surface area contributed by atoms with Crippen LogP contribution in [-0.2, 0) is 0 Å². The Hall–Kier alpha value is -2.08. The second-order valence-electron chi connectivity index (χ2n) is 2.85. The van der Waals surface area contributed by atoms with E-state index in [4.69, 9.17) is 11.0 Å². The largest absolute Gasteiger partial charge is 0.402 e. The summed E-state index contributed by atoms with van der Waals surface area (Å²) in [6.07, 6.45) is 3.32.